The zero-order valence-electron chi connectivity index (χ0n) is 27.0. The molecule has 4 aromatic carbocycles. The minimum atomic E-state index is -0.168. The van der Waals surface area contributed by atoms with Crippen molar-refractivity contribution in [3.8, 4) is 45.9 Å². The third-order valence-corrected chi connectivity index (χ3v) is 7.84. The molecule has 0 spiro atoms. The Bertz CT molecular complexity index is 1810. The van der Waals surface area contributed by atoms with Crippen LogP contribution in [0.15, 0.2) is 72.8 Å². The molecule has 0 bridgehead atoms. The molecule has 0 aliphatic rings. The first-order valence-electron chi connectivity index (χ1n) is 14.9. The fourth-order valence-corrected chi connectivity index (χ4v) is 5.46. The van der Waals surface area contributed by atoms with Gasteiger partial charge in [-0.25, -0.2) is 4.98 Å². The summed E-state index contributed by atoms with van der Waals surface area (Å²) < 4.78 is 35.2. The predicted molar refractivity (Wildman–Crippen MR) is 177 cm³/mol. The van der Waals surface area contributed by atoms with Gasteiger partial charge < -0.3 is 38.3 Å². The van der Waals surface area contributed by atoms with Crippen molar-refractivity contribution in [2.24, 2.45) is 0 Å². The molecule has 0 fully saturated rings. The second-order valence-electron chi connectivity index (χ2n) is 10.5. The number of aromatic nitrogens is 2. The van der Waals surface area contributed by atoms with E-state index in [0.29, 0.717) is 71.6 Å². The largest absolute Gasteiger partial charge is 0.497 e. The third-order valence-electron chi connectivity index (χ3n) is 7.84. The molecule has 0 unspecified atom stereocenters. The third kappa shape index (κ3) is 6.81. The number of rotatable bonds is 14. The van der Waals surface area contributed by atoms with Crippen LogP contribution in [0.5, 0.6) is 34.5 Å². The number of hydrogen-bond donors (Lipinski definition) is 1. The van der Waals surface area contributed by atoms with Crippen molar-refractivity contribution in [1.29, 1.82) is 0 Å². The number of carbonyl (C=O) groups is 1. The minimum Gasteiger partial charge on any atom is -0.497 e. The van der Waals surface area contributed by atoms with Gasteiger partial charge in [0, 0.05) is 24.2 Å². The van der Waals surface area contributed by atoms with E-state index >= 15 is 0 Å². The van der Waals surface area contributed by atoms with E-state index in [9.17, 15) is 4.79 Å². The molecule has 10 heteroatoms. The molecular formula is C36H39N3O7. The van der Waals surface area contributed by atoms with Gasteiger partial charge in [0.15, 0.2) is 23.0 Å². The van der Waals surface area contributed by atoms with Gasteiger partial charge in [0.25, 0.3) is 5.91 Å². The summed E-state index contributed by atoms with van der Waals surface area (Å²) in [5.74, 6) is 4.20. The van der Waals surface area contributed by atoms with Gasteiger partial charge >= 0.3 is 0 Å². The van der Waals surface area contributed by atoms with Gasteiger partial charge in [-0.3, -0.25) is 4.79 Å². The zero-order valence-corrected chi connectivity index (χ0v) is 27.0. The molecule has 0 saturated heterocycles. The molecule has 0 atom stereocenters. The van der Waals surface area contributed by atoms with E-state index in [1.54, 1.807) is 42.7 Å². The molecule has 1 aromatic heterocycles. The number of carbonyl (C=O) groups excluding carboxylic acids is 1. The van der Waals surface area contributed by atoms with Gasteiger partial charge in [0.2, 0.25) is 5.75 Å². The molecule has 0 aliphatic heterocycles. The lowest BCUT2D eigenvalue weighted by Crippen LogP contribution is -2.25. The van der Waals surface area contributed by atoms with Crippen molar-refractivity contribution in [2.75, 3.05) is 49.2 Å². The monoisotopic (exact) mass is 625 g/mol. The highest BCUT2D eigenvalue weighted by Gasteiger charge is 2.20. The molecule has 1 heterocycles. The summed E-state index contributed by atoms with van der Waals surface area (Å²) in [4.78, 5) is 18.2. The zero-order chi connectivity index (χ0) is 32.6. The molecule has 10 nitrogen and oxygen atoms in total. The highest BCUT2D eigenvalue weighted by atomic mass is 16.5. The first-order chi connectivity index (χ1) is 22.4. The standard InChI is InChI=1S/C36H39N3O7/c1-41-27-9-7-8-23(18-27)14-16-37-36(40)25-11-12-29-28(20-25)38-35(26-21-32(44-4)34(46-6)33(22-26)45-5)39(29)17-15-24-10-13-30(42-2)31(19-24)43-3/h7-13,18-22H,14-17H2,1-6H3,(H,37,40). The summed E-state index contributed by atoms with van der Waals surface area (Å²) in [6.45, 7) is 1.09. The molecule has 5 aromatic rings. The van der Waals surface area contributed by atoms with E-state index in [1.807, 2.05) is 72.8 Å². The summed E-state index contributed by atoms with van der Waals surface area (Å²) in [5.41, 5.74) is 5.04. The van der Waals surface area contributed by atoms with Crippen LogP contribution in [0.1, 0.15) is 21.5 Å². The number of aryl methyl sites for hydroxylation is 2. The summed E-state index contributed by atoms with van der Waals surface area (Å²) in [5, 5.41) is 3.03. The number of benzene rings is 4. The van der Waals surface area contributed by atoms with Crippen molar-refractivity contribution >= 4 is 16.9 Å². The lowest BCUT2D eigenvalue weighted by atomic mass is 10.1. The Morgan fingerprint density at radius 2 is 1.41 bits per heavy atom. The Balaban J connectivity index is 1.48. The van der Waals surface area contributed by atoms with E-state index in [2.05, 4.69) is 9.88 Å². The van der Waals surface area contributed by atoms with Crippen LogP contribution in [0.2, 0.25) is 0 Å². The van der Waals surface area contributed by atoms with Crippen LogP contribution in [0.3, 0.4) is 0 Å². The quantitative estimate of drug-likeness (QED) is 0.161. The summed E-state index contributed by atoms with van der Waals surface area (Å²) in [6.07, 6.45) is 1.37. The Hall–Kier alpha value is -5.38. The van der Waals surface area contributed by atoms with E-state index in [4.69, 9.17) is 33.4 Å². The van der Waals surface area contributed by atoms with Crippen molar-refractivity contribution < 1.29 is 33.2 Å². The summed E-state index contributed by atoms with van der Waals surface area (Å²) in [6, 6.07) is 23.1. The highest BCUT2D eigenvalue weighted by molar-refractivity contribution is 5.98. The van der Waals surface area contributed by atoms with Crippen molar-refractivity contribution in [1.82, 2.24) is 14.9 Å². The first kappa shape index (κ1) is 32.0. The van der Waals surface area contributed by atoms with Crippen LogP contribution < -0.4 is 33.7 Å². The van der Waals surface area contributed by atoms with Crippen LogP contribution >= 0.6 is 0 Å². The number of amides is 1. The topological polar surface area (TPSA) is 102 Å². The van der Waals surface area contributed by atoms with E-state index < -0.39 is 0 Å². The molecule has 1 N–H and O–H groups in total. The van der Waals surface area contributed by atoms with Crippen LogP contribution in [0.25, 0.3) is 22.4 Å². The molecule has 0 saturated carbocycles. The van der Waals surface area contributed by atoms with Gasteiger partial charge in [-0.1, -0.05) is 18.2 Å². The van der Waals surface area contributed by atoms with Crippen molar-refractivity contribution in [3.05, 3.63) is 89.5 Å². The molecule has 0 radical (unpaired) electrons. The average molecular weight is 626 g/mol. The number of fused-ring (bicyclic) bond motifs is 1. The number of nitrogens with one attached hydrogen (secondary N) is 1. The average Bonchev–Trinajstić information content (AvgIpc) is 3.47. The van der Waals surface area contributed by atoms with E-state index in [-0.39, 0.29) is 5.91 Å². The Labute approximate surface area is 268 Å². The van der Waals surface area contributed by atoms with Gasteiger partial charge in [-0.15, -0.1) is 0 Å². The summed E-state index contributed by atoms with van der Waals surface area (Å²) >= 11 is 0. The number of ether oxygens (including phenoxy) is 6. The number of imidazole rings is 1. The lowest BCUT2D eigenvalue weighted by Gasteiger charge is -2.15. The SMILES string of the molecule is COc1cccc(CCNC(=O)c2ccc3c(c2)nc(-c2cc(OC)c(OC)c(OC)c2)n3CCc2ccc(OC)c(OC)c2)c1. The molecule has 0 aliphatic carbocycles. The molecule has 1 amide bonds. The second-order valence-corrected chi connectivity index (χ2v) is 10.5. The van der Waals surface area contributed by atoms with E-state index in [0.717, 1.165) is 28.0 Å². The van der Waals surface area contributed by atoms with Crippen LogP contribution in [0, 0.1) is 0 Å². The normalized spacial score (nSPS) is 10.8. The maximum absolute atomic E-state index is 13.2. The summed E-state index contributed by atoms with van der Waals surface area (Å²) in [7, 11) is 9.62. The van der Waals surface area contributed by atoms with Gasteiger partial charge in [-0.05, 0) is 78.6 Å². The Morgan fingerprint density at radius 1 is 0.696 bits per heavy atom. The van der Waals surface area contributed by atoms with E-state index in [1.165, 1.54) is 0 Å². The minimum absolute atomic E-state index is 0.168. The molecule has 5 rings (SSSR count). The first-order valence-corrected chi connectivity index (χ1v) is 14.9. The van der Waals surface area contributed by atoms with Gasteiger partial charge in [0.1, 0.15) is 11.6 Å². The predicted octanol–water partition coefficient (Wildman–Crippen LogP) is 5.97. The number of methoxy groups -OCH3 is 6. The molecular weight excluding hydrogens is 586 g/mol. The number of nitrogens with zero attached hydrogens (tertiary/aromatic N) is 2. The van der Waals surface area contributed by atoms with Gasteiger partial charge in [-0.2, -0.15) is 0 Å². The highest BCUT2D eigenvalue weighted by Crippen LogP contribution is 2.41. The Kier molecular flexibility index (Phi) is 10.2. The smallest absolute Gasteiger partial charge is 0.251 e. The fraction of sp³-hybridized carbons (Fsp3) is 0.278. The molecule has 240 valence electrons. The Morgan fingerprint density at radius 3 is 2.09 bits per heavy atom. The van der Waals surface area contributed by atoms with Crippen molar-refractivity contribution in [2.45, 2.75) is 19.4 Å². The van der Waals surface area contributed by atoms with Gasteiger partial charge in [0.05, 0.1) is 53.7 Å². The van der Waals surface area contributed by atoms with Crippen LogP contribution in [0.4, 0.5) is 0 Å². The second kappa shape index (κ2) is 14.6. The number of hydrogen-bond acceptors (Lipinski definition) is 8. The maximum Gasteiger partial charge on any atom is 0.251 e. The fourth-order valence-electron chi connectivity index (χ4n) is 5.46. The molecule has 46 heavy (non-hydrogen) atoms. The van der Waals surface area contributed by atoms with Crippen molar-refractivity contribution in [3.63, 3.8) is 0 Å². The van der Waals surface area contributed by atoms with Crippen LogP contribution in [-0.2, 0) is 19.4 Å². The van der Waals surface area contributed by atoms with Crippen LogP contribution in [-0.4, -0.2) is 64.7 Å². The lowest BCUT2D eigenvalue weighted by molar-refractivity contribution is 0.0954. The maximum atomic E-state index is 13.2.